The summed E-state index contributed by atoms with van der Waals surface area (Å²) < 4.78 is 5.24. The van der Waals surface area contributed by atoms with Gasteiger partial charge in [-0.15, -0.1) is 0 Å². The van der Waals surface area contributed by atoms with Gasteiger partial charge in [0.15, 0.2) is 0 Å². The van der Waals surface area contributed by atoms with E-state index in [0.29, 0.717) is 5.92 Å². The highest BCUT2D eigenvalue weighted by Gasteiger charge is 2.55. The van der Waals surface area contributed by atoms with Crippen molar-refractivity contribution < 1.29 is 14.6 Å². The van der Waals surface area contributed by atoms with Crippen LogP contribution in [0.15, 0.2) is 23.8 Å². The van der Waals surface area contributed by atoms with Crippen LogP contribution in [0.5, 0.6) is 0 Å². The summed E-state index contributed by atoms with van der Waals surface area (Å²) in [4.78, 5) is 11.4. The Hall–Kier alpha value is -1.09. The molecule has 2 aliphatic carbocycles. The van der Waals surface area contributed by atoms with Crippen LogP contribution < -0.4 is 0 Å². The maximum absolute atomic E-state index is 11.4. The van der Waals surface area contributed by atoms with Crippen molar-refractivity contribution >= 4 is 5.97 Å². The average molecular weight is 248 g/mol. The third-order valence-corrected chi connectivity index (χ3v) is 5.21. The number of allylic oxidation sites excluding steroid dienone is 1. The molecule has 3 nitrogen and oxygen atoms in total. The van der Waals surface area contributed by atoms with Crippen molar-refractivity contribution in [2.45, 2.75) is 45.3 Å². The van der Waals surface area contributed by atoms with E-state index in [9.17, 15) is 9.90 Å². The van der Waals surface area contributed by atoms with E-state index in [1.165, 1.54) is 11.6 Å². The van der Waals surface area contributed by atoms with E-state index in [4.69, 9.17) is 4.74 Å². The number of aliphatic hydroxyl groups is 1. The highest BCUT2D eigenvalue weighted by molar-refractivity contribution is 5.86. The quantitative estimate of drug-likeness (QED) is 0.529. The Balaban J connectivity index is 2.05. The number of esters is 1. The summed E-state index contributed by atoms with van der Waals surface area (Å²) in [6.07, 6.45) is 4.85. The van der Waals surface area contributed by atoms with E-state index >= 15 is 0 Å². The van der Waals surface area contributed by atoms with Gasteiger partial charge < -0.3 is 9.84 Å². The molecule has 18 heavy (non-hydrogen) atoms. The lowest BCUT2D eigenvalue weighted by molar-refractivity contribution is -0.206. The molecule has 1 heterocycles. The van der Waals surface area contributed by atoms with Crippen LogP contribution in [0.1, 0.15) is 39.5 Å². The van der Waals surface area contributed by atoms with E-state index < -0.39 is 11.8 Å². The Morgan fingerprint density at radius 3 is 3.00 bits per heavy atom. The summed E-state index contributed by atoms with van der Waals surface area (Å²) in [5.41, 5.74) is 2.12. The van der Waals surface area contributed by atoms with E-state index in [-0.39, 0.29) is 11.3 Å². The Bertz CT molecular complexity index is 464. The zero-order valence-electron chi connectivity index (χ0n) is 11.0. The Kier molecular flexibility index (Phi) is 2.31. The van der Waals surface area contributed by atoms with Gasteiger partial charge in [-0.1, -0.05) is 26.0 Å². The number of ether oxygens (including phenoxy) is 1. The van der Waals surface area contributed by atoms with Gasteiger partial charge in [-0.25, -0.2) is 4.79 Å². The van der Waals surface area contributed by atoms with Gasteiger partial charge in [-0.05, 0) is 37.0 Å². The first-order chi connectivity index (χ1) is 8.35. The Morgan fingerprint density at radius 2 is 2.28 bits per heavy atom. The molecule has 1 unspecified atom stereocenters. The van der Waals surface area contributed by atoms with E-state index in [1.807, 2.05) is 0 Å². The number of carbonyl (C=O) groups excluding carboxylic acids is 1. The second-order valence-electron chi connectivity index (χ2n) is 6.41. The largest absolute Gasteiger partial charge is 0.426 e. The summed E-state index contributed by atoms with van der Waals surface area (Å²) in [5.74, 6) is -1.36. The highest BCUT2D eigenvalue weighted by Crippen LogP contribution is 2.57. The molecule has 98 valence electrons. The molecule has 0 amide bonds. The highest BCUT2D eigenvalue weighted by atomic mass is 16.7. The van der Waals surface area contributed by atoms with Crippen molar-refractivity contribution in [3.8, 4) is 0 Å². The molecular weight excluding hydrogens is 228 g/mol. The molecule has 1 N–H and O–H groups in total. The first kappa shape index (κ1) is 12.0. The lowest BCUT2D eigenvalue weighted by atomic mass is 9.62. The van der Waals surface area contributed by atoms with Crippen molar-refractivity contribution in [2.75, 3.05) is 0 Å². The summed E-state index contributed by atoms with van der Waals surface area (Å²) in [5, 5.41) is 10.8. The molecule has 1 aliphatic heterocycles. The minimum Gasteiger partial charge on any atom is -0.426 e. The molecule has 0 radical (unpaired) electrons. The number of hydrogen-bond acceptors (Lipinski definition) is 3. The van der Waals surface area contributed by atoms with Gasteiger partial charge >= 0.3 is 5.97 Å². The van der Waals surface area contributed by atoms with Crippen LogP contribution in [-0.2, 0) is 9.53 Å². The van der Waals surface area contributed by atoms with Crippen molar-refractivity contribution in [1.82, 2.24) is 0 Å². The summed E-state index contributed by atoms with van der Waals surface area (Å²) in [6.45, 7) is 8.63. The van der Waals surface area contributed by atoms with Crippen molar-refractivity contribution in [3.63, 3.8) is 0 Å². The van der Waals surface area contributed by atoms with Crippen LogP contribution in [0.3, 0.4) is 0 Å². The second kappa shape index (κ2) is 3.47. The fourth-order valence-electron chi connectivity index (χ4n) is 3.98. The molecule has 4 atom stereocenters. The molecule has 2 bridgehead atoms. The summed E-state index contributed by atoms with van der Waals surface area (Å²) in [6, 6.07) is 0. The maximum atomic E-state index is 11.4. The van der Waals surface area contributed by atoms with Gasteiger partial charge in [0.05, 0.1) is 0 Å². The number of rotatable bonds is 0. The lowest BCUT2D eigenvalue weighted by Crippen LogP contribution is -2.44. The van der Waals surface area contributed by atoms with E-state index in [0.717, 1.165) is 31.3 Å². The topological polar surface area (TPSA) is 46.5 Å². The fraction of sp³-hybridized carbons (Fsp3) is 0.667. The number of carbonyl (C=O) groups is 1. The van der Waals surface area contributed by atoms with Gasteiger partial charge in [-0.3, -0.25) is 0 Å². The molecule has 2 fully saturated rings. The third-order valence-electron chi connectivity index (χ3n) is 5.21. The molecule has 0 aromatic rings. The van der Waals surface area contributed by atoms with Crippen molar-refractivity contribution in [2.24, 2.45) is 17.3 Å². The monoisotopic (exact) mass is 248 g/mol. The first-order valence-corrected chi connectivity index (χ1v) is 6.71. The third kappa shape index (κ3) is 1.43. The van der Waals surface area contributed by atoms with Gasteiger partial charge in [0.25, 0.3) is 0 Å². The Morgan fingerprint density at radius 1 is 1.56 bits per heavy atom. The number of hydrogen-bond donors (Lipinski definition) is 1. The maximum Gasteiger partial charge on any atom is 0.333 e. The van der Waals surface area contributed by atoms with Crippen molar-refractivity contribution in [3.05, 3.63) is 23.8 Å². The molecule has 3 aliphatic rings. The summed E-state index contributed by atoms with van der Waals surface area (Å²) in [7, 11) is 0. The SMILES string of the molecule is C=C1[C@@H](C)C[C@H]2CC1(C)CCC1=CC(=O)O[C@@]12O. The normalized spacial score (nSPS) is 47.2. The van der Waals surface area contributed by atoms with Gasteiger partial charge in [0, 0.05) is 17.6 Å². The molecule has 0 spiro atoms. The molecule has 0 aromatic carbocycles. The first-order valence-electron chi connectivity index (χ1n) is 6.71. The predicted octanol–water partition coefficient (Wildman–Crippen LogP) is 2.56. The number of fused-ring (bicyclic) bond motifs is 4. The van der Waals surface area contributed by atoms with Crippen LogP contribution in [0, 0.1) is 17.3 Å². The van der Waals surface area contributed by atoms with Gasteiger partial charge in [-0.2, -0.15) is 0 Å². The fourth-order valence-corrected chi connectivity index (χ4v) is 3.98. The van der Waals surface area contributed by atoms with E-state index in [1.54, 1.807) is 0 Å². The smallest absolute Gasteiger partial charge is 0.333 e. The van der Waals surface area contributed by atoms with Crippen LogP contribution in [-0.4, -0.2) is 16.9 Å². The summed E-state index contributed by atoms with van der Waals surface area (Å²) >= 11 is 0. The van der Waals surface area contributed by atoms with Crippen molar-refractivity contribution in [1.29, 1.82) is 0 Å². The van der Waals surface area contributed by atoms with Gasteiger partial charge in [0.2, 0.25) is 5.79 Å². The average Bonchev–Trinajstić information content (AvgIpc) is 2.55. The second-order valence-corrected chi connectivity index (χ2v) is 6.41. The van der Waals surface area contributed by atoms with Crippen LogP contribution in [0.25, 0.3) is 0 Å². The van der Waals surface area contributed by atoms with Gasteiger partial charge in [0.1, 0.15) is 0 Å². The Labute approximate surface area is 108 Å². The van der Waals surface area contributed by atoms with Crippen LogP contribution in [0.4, 0.5) is 0 Å². The molecule has 3 heteroatoms. The minimum atomic E-state index is -1.34. The van der Waals surface area contributed by atoms with Crippen LogP contribution in [0.2, 0.25) is 0 Å². The zero-order valence-corrected chi connectivity index (χ0v) is 11.0. The standard InChI is InChI=1S/C15H20O3/c1-9-6-12-8-14(3,10(9)2)5-4-11-7-13(16)18-15(11,12)17/h7,9,12,17H,2,4-6,8H2,1,3H3/t9-,12-,14?,15-/m0/s1. The zero-order chi connectivity index (χ0) is 13.1. The molecule has 0 saturated heterocycles. The molecular formula is C15H20O3. The minimum absolute atomic E-state index is 0.00296. The predicted molar refractivity (Wildman–Crippen MR) is 67.5 cm³/mol. The lowest BCUT2D eigenvalue weighted by Gasteiger charge is -2.44. The molecule has 3 rings (SSSR count). The van der Waals surface area contributed by atoms with E-state index in [2.05, 4.69) is 20.4 Å². The van der Waals surface area contributed by atoms with Crippen LogP contribution >= 0.6 is 0 Å². The molecule has 2 saturated carbocycles. The molecule has 0 aromatic heterocycles.